The summed E-state index contributed by atoms with van der Waals surface area (Å²) >= 11 is 2.69. The second-order valence-electron chi connectivity index (χ2n) is 12.7. The maximum atomic E-state index is 13.5. The number of rotatable bonds is 5. The molecule has 0 aliphatic carbocycles. The van der Waals surface area contributed by atoms with Gasteiger partial charge in [-0.2, -0.15) is 0 Å². The summed E-state index contributed by atoms with van der Waals surface area (Å²) in [6, 6.07) is 9.02. The summed E-state index contributed by atoms with van der Waals surface area (Å²) in [5, 5.41) is 17.3. The first-order chi connectivity index (χ1) is 22.8. The van der Waals surface area contributed by atoms with Gasteiger partial charge in [-0.3, -0.25) is 19.2 Å². The summed E-state index contributed by atoms with van der Waals surface area (Å²) in [6.07, 6.45) is 4.35. The van der Waals surface area contributed by atoms with Crippen LogP contribution in [0, 0.1) is 11.8 Å². The minimum Gasteiger partial charge on any atom is -0.351 e. The third-order valence-corrected chi connectivity index (χ3v) is 10.3. The van der Waals surface area contributed by atoms with Gasteiger partial charge < -0.3 is 26.2 Å². The van der Waals surface area contributed by atoms with Gasteiger partial charge in [0.25, 0.3) is 11.8 Å². The Labute approximate surface area is 296 Å². The Hall–Kier alpha value is -3.39. The molecule has 2 aromatic heterocycles. The lowest BCUT2D eigenvalue weighted by Crippen LogP contribution is -2.44. The minimum absolute atomic E-state index is 0. The van der Waals surface area contributed by atoms with Crippen molar-refractivity contribution in [1.29, 1.82) is 0 Å². The second kappa shape index (κ2) is 18.4. The topological polar surface area (TPSA) is 145 Å². The van der Waals surface area contributed by atoms with E-state index in [0.29, 0.717) is 73.5 Å². The van der Waals surface area contributed by atoms with Crippen LogP contribution in [-0.2, 0) is 16.0 Å². The summed E-state index contributed by atoms with van der Waals surface area (Å²) in [5.74, 6) is -0.434. The van der Waals surface area contributed by atoms with Crippen LogP contribution >= 0.6 is 35.1 Å². The number of hydrogen-bond acceptors (Lipinski definition) is 9. The zero-order valence-corrected chi connectivity index (χ0v) is 30.0. The number of aromatic nitrogens is 2. The molecule has 1 unspecified atom stereocenters. The third kappa shape index (κ3) is 10.6. The molecule has 3 atom stereocenters. The molecule has 4 N–H and O–H groups in total. The zero-order chi connectivity index (χ0) is 33.2. The number of carbonyl (C=O) groups is 4. The molecule has 260 valence electrons. The van der Waals surface area contributed by atoms with Crippen molar-refractivity contribution in [3.8, 4) is 0 Å². The fourth-order valence-corrected chi connectivity index (χ4v) is 7.70. The van der Waals surface area contributed by atoms with E-state index in [9.17, 15) is 19.2 Å². The van der Waals surface area contributed by atoms with E-state index in [1.807, 2.05) is 35.2 Å². The highest BCUT2D eigenvalue weighted by atomic mass is 35.5. The van der Waals surface area contributed by atoms with Gasteiger partial charge in [-0.1, -0.05) is 44.2 Å². The Balaban J connectivity index is 0.00000520. The second-order valence-corrected chi connectivity index (χ2v) is 14.5. The Kier molecular flexibility index (Phi) is 14.3. The smallest absolute Gasteiger partial charge is 0.271 e. The lowest BCUT2D eigenvalue weighted by molar-refractivity contribution is -0.136. The number of piperidine rings is 1. The molecule has 1 aromatic carbocycles. The van der Waals surface area contributed by atoms with Gasteiger partial charge in [0.1, 0.15) is 21.4 Å². The van der Waals surface area contributed by atoms with Gasteiger partial charge in [0, 0.05) is 43.4 Å². The predicted molar refractivity (Wildman–Crippen MR) is 191 cm³/mol. The van der Waals surface area contributed by atoms with Crippen LogP contribution < -0.4 is 21.3 Å². The molecule has 3 aromatic rings. The van der Waals surface area contributed by atoms with E-state index < -0.39 is 6.04 Å². The molecule has 1 fully saturated rings. The SMILES string of the molecule is CC(C)CC1NC(=O)CCCN(C(=O)[C@H]2CCCNC2)CCCNC(=O)c2csc(n2)[C@H](Cc2ccccc2)NC(=O)c2csc1n2.Cl. The van der Waals surface area contributed by atoms with Crippen LogP contribution in [0.5, 0.6) is 0 Å². The molecule has 14 heteroatoms. The van der Waals surface area contributed by atoms with Gasteiger partial charge >= 0.3 is 0 Å². The number of fused-ring (bicyclic) bond motifs is 4. The summed E-state index contributed by atoms with van der Waals surface area (Å²) in [6.45, 7) is 7.09. The van der Waals surface area contributed by atoms with Crippen LogP contribution in [0.2, 0.25) is 0 Å². The molecule has 4 heterocycles. The molecule has 1 saturated heterocycles. The van der Waals surface area contributed by atoms with Crippen molar-refractivity contribution < 1.29 is 19.2 Å². The number of halogens is 1. The number of thiazole rings is 2. The lowest BCUT2D eigenvalue weighted by atomic mass is 9.98. The van der Waals surface area contributed by atoms with Gasteiger partial charge in [-0.25, -0.2) is 9.97 Å². The molecule has 2 aliphatic heterocycles. The Bertz CT molecular complexity index is 1510. The normalized spacial score (nSPS) is 21.7. The maximum absolute atomic E-state index is 13.5. The average molecular weight is 716 g/mol. The lowest BCUT2D eigenvalue weighted by Gasteiger charge is -2.30. The molecule has 4 amide bonds. The van der Waals surface area contributed by atoms with Gasteiger partial charge in [0.05, 0.1) is 18.0 Å². The van der Waals surface area contributed by atoms with Gasteiger partial charge in [-0.15, -0.1) is 35.1 Å². The molecule has 0 spiro atoms. The number of benzene rings is 1. The molecular weight excluding hydrogens is 670 g/mol. The predicted octanol–water partition coefficient (Wildman–Crippen LogP) is 4.68. The van der Waals surface area contributed by atoms with Crippen molar-refractivity contribution in [1.82, 2.24) is 36.1 Å². The summed E-state index contributed by atoms with van der Waals surface area (Å²) in [7, 11) is 0. The molecule has 0 radical (unpaired) electrons. The van der Waals surface area contributed by atoms with Crippen molar-refractivity contribution in [3.63, 3.8) is 0 Å². The zero-order valence-electron chi connectivity index (χ0n) is 27.5. The Morgan fingerprint density at radius 2 is 1.58 bits per heavy atom. The van der Waals surface area contributed by atoms with E-state index >= 15 is 0 Å². The van der Waals surface area contributed by atoms with E-state index in [1.165, 1.54) is 22.7 Å². The third-order valence-electron chi connectivity index (χ3n) is 8.42. The fourth-order valence-electron chi connectivity index (χ4n) is 5.99. The monoisotopic (exact) mass is 715 g/mol. The number of carbonyl (C=O) groups excluding carboxylic acids is 4. The van der Waals surface area contributed by atoms with Crippen molar-refractivity contribution in [2.75, 3.05) is 32.7 Å². The van der Waals surface area contributed by atoms with Crippen molar-refractivity contribution in [2.45, 2.75) is 70.9 Å². The molecular formula is C34H46ClN7O4S2. The first kappa shape index (κ1) is 37.4. The van der Waals surface area contributed by atoms with Gasteiger partial charge in [0.2, 0.25) is 11.8 Å². The van der Waals surface area contributed by atoms with E-state index in [0.717, 1.165) is 24.9 Å². The molecule has 11 nitrogen and oxygen atoms in total. The number of nitrogens with one attached hydrogen (secondary N) is 4. The largest absolute Gasteiger partial charge is 0.351 e. The van der Waals surface area contributed by atoms with Crippen LogP contribution in [0.15, 0.2) is 41.1 Å². The average Bonchev–Trinajstić information content (AvgIpc) is 3.77. The van der Waals surface area contributed by atoms with Crippen molar-refractivity contribution in [3.05, 3.63) is 68.1 Å². The number of hydrogen-bond donors (Lipinski definition) is 4. The first-order valence-corrected chi connectivity index (χ1v) is 18.4. The highest BCUT2D eigenvalue weighted by Gasteiger charge is 2.28. The van der Waals surface area contributed by atoms with E-state index in [1.54, 1.807) is 10.8 Å². The maximum Gasteiger partial charge on any atom is 0.271 e. The van der Waals surface area contributed by atoms with Crippen LogP contribution in [-0.4, -0.2) is 71.2 Å². The fraction of sp³-hybridized carbons (Fsp3) is 0.529. The van der Waals surface area contributed by atoms with E-state index in [-0.39, 0.29) is 60.1 Å². The molecule has 2 aliphatic rings. The van der Waals surface area contributed by atoms with Crippen molar-refractivity contribution >= 4 is 58.7 Å². The van der Waals surface area contributed by atoms with Gasteiger partial charge in [0.15, 0.2) is 0 Å². The first-order valence-electron chi connectivity index (χ1n) is 16.6. The molecule has 48 heavy (non-hydrogen) atoms. The van der Waals surface area contributed by atoms with Crippen LogP contribution in [0.25, 0.3) is 0 Å². The highest BCUT2D eigenvalue weighted by Crippen LogP contribution is 2.27. The highest BCUT2D eigenvalue weighted by molar-refractivity contribution is 7.10. The molecule has 5 rings (SSSR count). The van der Waals surface area contributed by atoms with Crippen LogP contribution in [0.4, 0.5) is 0 Å². The summed E-state index contributed by atoms with van der Waals surface area (Å²) in [5.41, 5.74) is 1.59. The summed E-state index contributed by atoms with van der Waals surface area (Å²) in [4.78, 5) is 64.4. The summed E-state index contributed by atoms with van der Waals surface area (Å²) < 4.78 is 0. The van der Waals surface area contributed by atoms with Crippen molar-refractivity contribution in [2.24, 2.45) is 11.8 Å². The quantitative estimate of drug-likeness (QED) is 0.300. The van der Waals surface area contributed by atoms with E-state index in [2.05, 4.69) is 45.1 Å². The van der Waals surface area contributed by atoms with Crippen LogP contribution in [0.3, 0.4) is 0 Å². The van der Waals surface area contributed by atoms with Gasteiger partial charge in [-0.05, 0) is 56.6 Å². The van der Waals surface area contributed by atoms with E-state index in [4.69, 9.17) is 0 Å². The Morgan fingerprint density at radius 1 is 0.896 bits per heavy atom. The number of nitrogens with zero attached hydrogens (tertiary/aromatic N) is 3. The number of amides is 4. The molecule has 4 bridgehead atoms. The molecule has 0 saturated carbocycles. The minimum atomic E-state index is -0.476. The standard InChI is InChI=1S/C34H45N7O4S2.ClH/c1-22(2)17-25-32-40-28(21-47-32)31(44)38-26(18-23-9-4-3-5-10-23)33-39-27(20-46-33)30(43)36-14-8-16-41(15-7-12-29(42)37-25)34(45)24-11-6-13-35-19-24;/h3-5,9-10,20-22,24-26,35H,6-8,11-19H2,1-2H3,(H,36,43)(H,37,42)(H,38,44);1H/t24-,25?,26-;/m0./s1. The Morgan fingerprint density at radius 3 is 2.27 bits per heavy atom. The van der Waals surface area contributed by atoms with Crippen LogP contribution in [0.1, 0.15) is 101 Å².